The van der Waals surface area contributed by atoms with Gasteiger partial charge < -0.3 is 89.9 Å². The molecule has 0 bridgehead atoms. The Morgan fingerprint density at radius 3 is 1.21 bits per heavy atom. The third-order valence-corrected chi connectivity index (χ3v) is 16.2. The van der Waals surface area contributed by atoms with Crippen molar-refractivity contribution in [3.8, 4) is 0 Å². The molecule has 1 amide bonds. The van der Waals surface area contributed by atoms with Crippen LogP contribution < -0.4 is 5.32 Å². The Morgan fingerprint density at radius 1 is 0.427 bits per heavy atom. The lowest BCUT2D eigenvalue weighted by atomic mass is 9.96. The van der Waals surface area contributed by atoms with Crippen molar-refractivity contribution in [1.82, 2.24) is 5.32 Å². The molecule has 12 N–H and O–H groups in total. The van der Waals surface area contributed by atoms with Crippen molar-refractivity contribution in [2.75, 3.05) is 26.4 Å². The van der Waals surface area contributed by atoms with E-state index < -0.39 is 124 Å². The van der Waals surface area contributed by atoms with Gasteiger partial charge in [0.2, 0.25) is 5.91 Å². The van der Waals surface area contributed by atoms with Gasteiger partial charge in [-0.3, -0.25) is 4.79 Å². The molecule has 0 aromatic carbocycles. The average molecular weight is 1170 g/mol. The quantitative estimate of drug-likeness (QED) is 0.0218. The van der Waals surface area contributed by atoms with Crippen molar-refractivity contribution < 1.29 is 89.4 Å². The van der Waals surface area contributed by atoms with E-state index >= 15 is 0 Å². The molecule has 0 aromatic heterocycles. The summed E-state index contributed by atoms with van der Waals surface area (Å²) in [5.74, 6) is -0.288. The van der Waals surface area contributed by atoms with Crippen molar-refractivity contribution >= 4 is 5.91 Å². The largest absolute Gasteiger partial charge is 0.394 e. The maximum absolute atomic E-state index is 13.3. The molecule has 480 valence electrons. The fourth-order valence-corrected chi connectivity index (χ4v) is 10.9. The molecule has 17 atom stereocenters. The normalized spacial score (nSPS) is 29.8. The van der Waals surface area contributed by atoms with Crippen LogP contribution in [0.1, 0.15) is 226 Å². The van der Waals surface area contributed by atoms with Crippen LogP contribution >= 0.6 is 0 Å². The van der Waals surface area contributed by atoms with Crippen LogP contribution in [0.15, 0.2) is 36.5 Å². The third-order valence-electron chi connectivity index (χ3n) is 16.2. The van der Waals surface area contributed by atoms with E-state index in [4.69, 9.17) is 28.4 Å². The lowest BCUT2D eigenvalue weighted by Gasteiger charge is -2.48. The van der Waals surface area contributed by atoms with Crippen LogP contribution in [0.2, 0.25) is 0 Å². The Hall–Kier alpha value is -1.99. The summed E-state index contributed by atoms with van der Waals surface area (Å²) >= 11 is 0. The van der Waals surface area contributed by atoms with E-state index in [1.165, 1.54) is 148 Å². The van der Waals surface area contributed by atoms with E-state index in [9.17, 15) is 61.0 Å². The number of aliphatic hydroxyl groups is 11. The summed E-state index contributed by atoms with van der Waals surface area (Å²) in [5.41, 5.74) is 0. The van der Waals surface area contributed by atoms with Crippen LogP contribution in [0, 0.1) is 0 Å². The van der Waals surface area contributed by atoms with Crippen LogP contribution in [0.4, 0.5) is 0 Å². The highest BCUT2D eigenvalue weighted by atomic mass is 16.8. The molecule has 19 nitrogen and oxygen atoms in total. The Bertz CT molecular complexity index is 1640. The molecule has 3 saturated heterocycles. The first-order valence-electron chi connectivity index (χ1n) is 32.2. The highest BCUT2D eigenvalue weighted by Crippen LogP contribution is 2.33. The number of aliphatic hydroxyl groups excluding tert-OH is 11. The Labute approximate surface area is 491 Å². The number of hydrogen-bond donors (Lipinski definition) is 12. The molecular formula is C63H115NO18. The van der Waals surface area contributed by atoms with Gasteiger partial charge in [0.25, 0.3) is 0 Å². The third kappa shape index (κ3) is 29.1. The predicted molar refractivity (Wildman–Crippen MR) is 314 cm³/mol. The molecule has 0 spiro atoms. The summed E-state index contributed by atoms with van der Waals surface area (Å²) in [7, 11) is 0. The SMILES string of the molecule is CCCC/C=C/CC/C=C/CC/C=C/C(O)C(COC1OC(CO)C(OC2OC(CO)C(OC3OC(CO)C(O)C(O)C3O)C(O)C2O)C(O)C1O)NC(=O)CCCCCCCCCCCCCCCCCCCCCCCCCCC. The van der Waals surface area contributed by atoms with Gasteiger partial charge in [-0.25, -0.2) is 0 Å². The van der Waals surface area contributed by atoms with E-state index in [2.05, 4.69) is 43.5 Å². The van der Waals surface area contributed by atoms with Crippen molar-refractivity contribution in [1.29, 1.82) is 0 Å². The van der Waals surface area contributed by atoms with Crippen molar-refractivity contribution in [3.63, 3.8) is 0 Å². The lowest BCUT2D eigenvalue weighted by molar-refractivity contribution is -0.379. The first-order valence-corrected chi connectivity index (χ1v) is 32.2. The highest BCUT2D eigenvalue weighted by Gasteiger charge is 2.53. The number of amides is 1. The number of nitrogens with one attached hydrogen (secondary N) is 1. The molecule has 3 fully saturated rings. The molecule has 19 heteroatoms. The topological polar surface area (TPSA) is 307 Å². The van der Waals surface area contributed by atoms with Gasteiger partial charge in [-0.15, -0.1) is 0 Å². The van der Waals surface area contributed by atoms with Gasteiger partial charge in [0, 0.05) is 6.42 Å². The molecule has 3 rings (SSSR count). The van der Waals surface area contributed by atoms with Crippen LogP contribution in [0.25, 0.3) is 0 Å². The number of unbranched alkanes of at least 4 members (excludes halogenated alkanes) is 28. The monoisotopic (exact) mass is 1170 g/mol. The van der Waals surface area contributed by atoms with Gasteiger partial charge in [0.15, 0.2) is 18.9 Å². The number of ether oxygens (including phenoxy) is 6. The van der Waals surface area contributed by atoms with Gasteiger partial charge in [0.1, 0.15) is 73.2 Å². The standard InChI is InChI=1S/C63H115NO18/c1-3-5-7-9-11-13-15-17-18-19-20-21-22-23-24-25-26-27-28-29-31-33-35-37-39-41-51(69)64-46(47(68)40-38-36-34-32-30-16-14-12-10-8-6-4-2)45-77-61-57(75)54(72)59(49(43-66)79-61)82-63-58(76)55(73)60(50(44-67)80-63)81-62-56(74)53(71)52(70)48(42-65)78-62/h10,12,30,32,38,40,46-50,52-63,65-68,70-76H,3-9,11,13-29,31,33-37,39,41-45H2,1-2H3,(H,64,69)/b12-10+,32-30+,40-38+. The van der Waals surface area contributed by atoms with Gasteiger partial charge in [-0.2, -0.15) is 0 Å². The van der Waals surface area contributed by atoms with Crippen LogP contribution in [0.3, 0.4) is 0 Å². The molecule has 82 heavy (non-hydrogen) atoms. The van der Waals surface area contributed by atoms with Crippen LogP contribution in [-0.4, -0.2) is 193 Å². The number of carbonyl (C=O) groups excluding carboxylic acids is 1. The first-order chi connectivity index (χ1) is 39.8. The maximum Gasteiger partial charge on any atom is 0.220 e. The van der Waals surface area contributed by atoms with E-state index in [1.54, 1.807) is 6.08 Å². The van der Waals surface area contributed by atoms with Gasteiger partial charge in [-0.05, 0) is 38.5 Å². The second-order valence-electron chi connectivity index (χ2n) is 23.2. The summed E-state index contributed by atoms with van der Waals surface area (Å²) in [4.78, 5) is 13.3. The minimum absolute atomic E-state index is 0.235. The molecular weight excluding hydrogens is 1060 g/mol. The highest BCUT2D eigenvalue weighted by molar-refractivity contribution is 5.76. The molecule has 0 aliphatic carbocycles. The number of allylic oxidation sites excluding steroid dienone is 5. The second-order valence-corrected chi connectivity index (χ2v) is 23.2. The summed E-state index contributed by atoms with van der Waals surface area (Å²) < 4.78 is 34.2. The molecule has 3 aliphatic heterocycles. The van der Waals surface area contributed by atoms with E-state index in [0.29, 0.717) is 12.8 Å². The number of rotatable bonds is 48. The molecule has 3 aliphatic rings. The van der Waals surface area contributed by atoms with E-state index in [0.717, 1.165) is 44.9 Å². The summed E-state index contributed by atoms with van der Waals surface area (Å²) in [6.07, 6.45) is 24.3. The zero-order chi connectivity index (χ0) is 59.7. The Morgan fingerprint density at radius 2 is 0.780 bits per heavy atom. The molecule has 0 aromatic rings. The maximum atomic E-state index is 13.3. The van der Waals surface area contributed by atoms with Gasteiger partial charge in [-0.1, -0.05) is 217 Å². The average Bonchev–Trinajstić information content (AvgIpc) is 3.19. The number of hydrogen-bond acceptors (Lipinski definition) is 18. The smallest absolute Gasteiger partial charge is 0.220 e. The fraction of sp³-hybridized carbons (Fsp3) is 0.889. The van der Waals surface area contributed by atoms with Crippen molar-refractivity contribution in [2.45, 2.75) is 330 Å². The van der Waals surface area contributed by atoms with Crippen molar-refractivity contribution in [3.05, 3.63) is 36.5 Å². The Balaban J connectivity index is 1.43. The Kier molecular flexibility index (Phi) is 41.8. The molecule has 0 saturated carbocycles. The molecule has 3 heterocycles. The van der Waals surface area contributed by atoms with Crippen LogP contribution in [-0.2, 0) is 33.2 Å². The minimum Gasteiger partial charge on any atom is -0.394 e. The van der Waals surface area contributed by atoms with E-state index in [1.807, 2.05) is 6.08 Å². The lowest BCUT2D eigenvalue weighted by Crippen LogP contribution is -2.66. The van der Waals surface area contributed by atoms with Crippen molar-refractivity contribution in [2.24, 2.45) is 0 Å². The summed E-state index contributed by atoms with van der Waals surface area (Å²) in [6, 6.07) is -0.992. The minimum atomic E-state index is -1.98. The van der Waals surface area contributed by atoms with Gasteiger partial charge >= 0.3 is 0 Å². The van der Waals surface area contributed by atoms with E-state index in [-0.39, 0.29) is 18.9 Å². The first kappa shape index (κ1) is 74.3. The molecule has 17 unspecified atom stereocenters. The van der Waals surface area contributed by atoms with Gasteiger partial charge in [0.05, 0.1) is 38.6 Å². The number of carbonyl (C=O) groups is 1. The summed E-state index contributed by atoms with van der Waals surface area (Å²) in [5, 5.41) is 120. The summed E-state index contributed by atoms with van der Waals surface area (Å²) in [6.45, 7) is 1.65. The second kappa shape index (κ2) is 46.2. The fourth-order valence-electron chi connectivity index (χ4n) is 10.9. The predicted octanol–water partition coefficient (Wildman–Crippen LogP) is 6.88. The zero-order valence-corrected chi connectivity index (χ0v) is 50.2. The van der Waals surface area contributed by atoms with Crippen LogP contribution in [0.5, 0.6) is 0 Å². The zero-order valence-electron chi connectivity index (χ0n) is 50.2. The molecule has 0 radical (unpaired) electrons.